The van der Waals surface area contributed by atoms with Crippen LogP contribution >= 0.6 is 11.8 Å². The van der Waals surface area contributed by atoms with Gasteiger partial charge in [-0.3, -0.25) is 0 Å². The molecule has 0 bridgehead atoms. The molecule has 3 heterocycles. The van der Waals surface area contributed by atoms with Gasteiger partial charge < -0.3 is 14.8 Å². The summed E-state index contributed by atoms with van der Waals surface area (Å²) in [5.41, 5.74) is 0.190. The lowest BCUT2D eigenvalue weighted by molar-refractivity contribution is -0.133. The van der Waals surface area contributed by atoms with Crippen molar-refractivity contribution >= 4 is 11.8 Å². The van der Waals surface area contributed by atoms with E-state index in [1.807, 2.05) is 0 Å². The van der Waals surface area contributed by atoms with Crippen molar-refractivity contribution in [3.8, 4) is 0 Å². The third kappa shape index (κ3) is 3.44. The van der Waals surface area contributed by atoms with Gasteiger partial charge in [-0.1, -0.05) is 6.92 Å². The summed E-state index contributed by atoms with van der Waals surface area (Å²) in [7, 11) is 0. The average molecular weight is 314 g/mol. The Hall–Kier alpha value is 0.230. The molecule has 0 amide bonds. The van der Waals surface area contributed by atoms with Gasteiger partial charge in [0.15, 0.2) is 0 Å². The third-order valence-corrected chi connectivity index (χ3v) is 6.87. The van der Waals surface area contributed by atoms with E-state index in [-0.39, 0.29) is 11.2 Å². The van der Waals surface area contributed by atoms with Gasteiger partial charge in [0.25, 0.3) is 0 Å². The van der Waals surface area contributed by atoms with Crippen LogP contribution in [0.3, 0.4) is 0 Å². The molecular formula is C17H31NO2S. The number of nitrogens with one attached hydrogen (secondary N) is 1. The van der Waals surface area contributed by atoms with Crippen LogP contribution in [-0.2, 0) is 9.47 Å². The van der Waals surface area contributed by atoms with Gasteiger partial charge in [-0.2, -0.15) is 11.8 Å². The first-order valence-electron chi connectivity index (χ1n) is 8.77. The first kappa shape index (κ1) is 16.1. The first-order valence-corrected chi connectivity index (χ1v) is 9.92. The molecule has 0 radical (unpaired) electrons. The van der Waals surface area contributed by atoms with E-state index in [4.69, 9.17) is 9.47 Å². The maximum absolute atomic E-state index is 6.28. The fraction of sp³-hybridized carbons (Fsp3) is 1.00. The van der Waals surface area contributed by atoms with Gasteiger partial charge in [0.2, 0.25) is 0 Å². The average Bonchev–Trinajstić information content (AvgIpc) is 2.93. The van der Waals surface area contributed by atoms with Crippen LogP contribution in [0.1, 0.15) is 52.4 Å². The van der Waals surface area contributed by atoms with Crippen molar-refractivity contribution in [2.75, 3.05) is 31.3 Å². The second-order valence-corrected chi connectivity index (χ2v) is 8.35. The summed E-state index contributed by atoms with van der Waals surface area (Å²) in [6.07, 6.45) is 7.37. The maximum atomic E-state index is 6.28. The van der Waals surface area contributed by atoms with E-state index < -0.39 is 0 Å². The largest absolute Gasteiger partial charge is 0.374 e. The molecule has 1 N–H and O–H groups in total. The number of rotatable bonds is 4. The van der Waals surface area contributed by atoms with Gasteiger partial charge in [0.05, 0.1) is 11.2 Å². The third-order valence-electron chi connectivity index (χ3n) is 5.65. The zero-order valence-corrected chi connectivity index (χ0v) is 14.5. The molecule has 3 aliphatic heterocycles. The fourth-order valence-electron chi connectivity index (χ4n) is 4.52. The summed E-state index contributed by atoms with van der Waals surface area (Å²) in [5, 5.41) is 3.78. The smallest absolute Gasteiger partial charge is 0.0809 e. The summed E-state index contributed by atoms with van der Waals surface area (Å²) >= 11 is 2.06. The molecule has 122 valence electrons. The zero-order chi connectivity index (χ0) is 14.8. The second-order valence-electron chi connectivity index (χ2n) is 7.24. The van der Waals surface area contributed by atoms with Crippen LogP contribution in [0, 0.1) is 5.92 Å². The van der Waals surface area contributed by atoms with E-state index in [1.54, 1.807) is 0 Å². The summed E-state index contributed by atoms with van der Waals surface area (Å²) in [6.45, 7) is 7.46. The van der Waals surface area contributed by atoms with E-state index in [0.717, 1.165) is 19.8 Å². The van der Waals surface area contributed by atoms with E-state index in [1.165, 1.54) is 50.0 Å². The standard InChI is InChI=1S/C17H31NO2S/c1-3-18-15(16(2)7-4-5-9-19-16)14-6-10-20-17(12-14)8-11-21-13-17/h14-15,18H,3-13H2,1-2H3. The minimum atomic E-state index is 0.0171. The van der Waals surface area contributed by atoms with Crippen molar-refractivity contribution in [2.24, 2.45) is 5.92 Å². The van der Waals surface area contributed by atoms with Crippen molar-refractivity contribution in [1.82, 2.24) is 5.32 Å². The SMILES string of the molecule is CCNC(C1CCOC2(CCSC2)C1)C1(C)CCCCO1. The van der Waals surface area contributed by atoms with E-state index in [9.17, 15) is 0 Å². The maximum Gasteiger partial charge on any atom is 0.0809 e. The van der Waals surface area contributed by atoms with Crippen molar-refractivity contribution in [2.45, 2.75) is 69.6 Å². The summed E-state index contributed by atoms with van der Waals surface area (Å²) in [5.74, 6) is 3.16. The summed E-state index contributed by atoms with van der Waals surface area (Å²) in [4.78, 5) is 0. The lowest BCUT2D eigenvalue weighted by atomic mass is 9.73. The molecule has 3 aliphatic rings. The molecule has 4 heteroatoms. The van der Waals surface area contributed by atoms with Crippen LogP contribution in [0.4, 0.5) is 0 Å². The van der Waals surface area contributed by atoms with Crippen LogP contribution in [0.25, 0.3) is 0 Å². The first-order chi connectivity index (χ1) is 10.2. The van der Waals surface area contributed by atoms with E-state index >= 15 is 0 Å². The Morgan fingerprint density at radius 1 is 1.24 bits per heavy atom. The molecule has 0 aromatic carbocycles. The minimum absolute atomic E-state index is 0.0171. The molecule has 3 nitrogen and oxygen atoms in total. The van der Waals surface area contributed by atoms with Crippen LogP contribution in [0.2, 0.25) is 0 Å². The highest BCUT2D eigenvalue weighted by molar-refractivity contribution is 7.99. The highest BCUT2D eigenvalue weighted by atomic mass is 32.2. The van der Waals surface area contributed by atoms with Gasteiger partial charge in [-0.05, 0) is 63.7 Å². The Morgan fingerprint density at radius 2 is 2.14 bits per heavy atom. The molecule has 3 rings (SSSR count). The highest BCUT2D eigenvalue weighted by Gasteiger charge is 2.47. The van der Waals surface area contributed by atoms with E-state index in [2.05, 4.69) is 30.9 Å². The van der Waals surface area contributed by atoms with Crippen LogP contribution in [-0.4, -0.2) is 48.5 Å². The van der Waals surface area contributed by atoms with Crippen LogP contribution in [0.15, 0.2) is 0 Å². The predicted octanol–water partition coefficient (Wildman–Crippen LogP) is 3.23. The van der Waals surface area contributed by atoms with Gasteiger partial charge >= 0.3 is 0 Å². The highest BCUT2D eigenvalue weighted by Crippen LogP contribution is 2.44. The number of likely N-dealkylation sites (N-methyl/N-ethyl adjacent to an activating group) is 1. The minimum Gasteiger partial charge on any atom is -0.374 e. The molecule has 4 unspecified atom stereocenters. The fourth-order valence-corrected chi connectivity index (χ4v) is 5.89. The predicted molar refractivity (Wildman–Crippen MR) is 89.0 cm³/mol. The normalized spacial score (nSPS) is 42.3. The molecule has 0 aromatic heterocycles. The number of thioether (sulfide) groups is 1. The Morgan fingerprint density at radius 3 is 2.81 bits per heavy atom. The number of hydrogen-bond donors (Lipinski definition) is 1. The summed E-state index contributed by atoms with van der Waals surface area (Å²) in [6, 6.07) is 0.481. The Labute approximate surface area is 133 Å². The Kier molecular flexibility index (Phi) is 5.19. The zero-order valence-electron chi connectivity index (χ0n) is 13.7. The Bertz CT molecular complexity index is 338. The van der Waals surface area contributed by atoms with Crippen molar-refractivity contribution in [3.05, 3.63) is 0 Å². The van der Waals surface area contributed by atoms with Gasteiger partial charge in [-0.15, -0.1) is 0 Å². The molecule has 3 fully saturated rings. The lowest BCUT2D eigenvalue weighted by Crippen LogP contribution is -2.58. The van der Waals surface area contributed by atoms with Crippen LogP contribution in [0.5, 0.6) is 0 Å². The molecule has 0 saturated carbocycles. The van der Waals surface area contributed by atoms with Crippen molar-refractivity contribution in [1.29, 1.82) is 0 Å². The Balaban J connectivity index is 1.73. The molecule has 0 aliphatic carbocycles. The molecule has 21 heavy (non-hydrogen) atoms. The van der Waals surface area contributed by atoms with E-state index in [0.29, 0.717) is 12.0 Å². The van der Waals surface area contributed by atoms with Gasteiger partial charge in [0.1, 0.15) is 0 Å². The molecule has 0 aromatic rings. The molecule has 1 spiro atoms. The quantitative estimate of drug-likeness (QED) is 0.863. The van der Waals surface area contributed by atoms with Gasteiger partial charge in [0, 0.05) is 25.0 Å². The number of ether oxygens (including phenoxy) is 2. The topological polar surface area (TPSA) is 30.5 Å². The monoisotopic (exact) mass is 313 g/mol. The number of hydrogen-bond acceptors (Lipinski definition) is 4. The molecule has 3 saturated heterocycles. The lowest BCUT2D eigenvalue weighted by Gasteiger charge is -2.48. The van der Waals surface area contributed by atoms with Crippen LogP contribution < -0.4 is 5.32 Å². The summed E-state index contributed by atoms with van der Waals surface area (Å²) < 4.78 is 12.5. The molecule has 4 atom stereocenters. The second kappa shape index (κ2) is 6.77. The van der Waals surface area contributed by atoms with Crippen molar-refractivity contribution < 1.29 is 9.47 Å². The van der Waals surface area contributed by atoms with Crippen molar-refractivity contribution in [3.63, 3.8) is 0 Å². The molecular weight excluding hydrogens is 282 g/mol. The van der Waals surface area contributed by atoms with Gasteiger partial charge in [-0.25, -0.2) is 0 Å².